The molecule has 4 saturated heterocycles. The Kier molecular flexibility index (Phi) is 13.4. The van der Waals surface area contributed by atoms with Gasteiger partial charge in [0.05, 0.1) is 28.2 Å². The Balaban J connectivity index is 0.745. The molecule has 6 aliphatic heterocycles. The molecule has 2 aliphatic carbocycles. The first-order chi connectivity index (χ1) is 35.3. The monoisotopic (exact) mass is 992 g/mol. The summed E-state index contributed by atoms with van der Waals surface area (Å²) in [4.78, 5) is 93.0. The van der Waals surface area contributed by atoms with Gasteiger partial charge in [0.2, 0.25) is 23.6 Å². The number of nitrogens with zero attached hydrogens (tertiary/aromatic N) is 9. The molecule has 6 fully saturated rings. The number of piperidine rings is 4. The molecule has 2 saturated carbocycles. The Morgan fingerprint density at radius 3 is 2.23 bits per heavy atom. The van der Waals surface area contributed by atoms with Crippen LogP contribution in [-0.2, 0) is 29.4 Å². The van der Waals surface area contributed by atoms with Gasteiger partial charge in [0.1, 0.15) is 5.82 Å². The molecule has 11 rings (SSSR count). The highest BCUT2D eigenvalue weighted by Gasteiger charge is 2.56. The van der Waals surface area contributed by atoms with E-state index in [0.717, 1.165) is 77.8 Å². The minimum atomic E-state index is -0.694. The van der Waals surface area contributed by atoms with Gasteiger partial charge in [-0.2, -0.15) is 0 Å². The van der Waals surface area contributed by atoms with Gasteiger partial charge in [-0.1, -0.05) is 31.6 Å². The molecule has 8 aliphatic rings. The molecule has 0 radical (unpaired) electrons. The van der Waals surface area contributed by atoms with Gasteiger partial charge >= 0.3 is 0 Å². The summed E-state index contributed by atoms with van der Waals surface area (Å²) in [6.07, 6.45) is 21.5. The predicted octanol–water partition coefficient (Wildman–Crippen LogP) is 4.45. The molecule has 5 amide bonds. The molecule has 2 N–H and O–H groups in total. The van der Waals surface area contributed by atoms with Crippen LogP contribution in [0, 0.1) is 11.3 Å². The maximum atomic E-state index is 15.3. The summed E-state index contributed by atoms with van der Waals surface area (Å²) in [7, 11) is 1.83. The second-order valence-electron chi connectivity index (χ2n) is 22.8. The lowest BCUT2D eigenvalue weighted by molar-refractivity contribution is -0.150. The Morgan fingerprint density at radius 2 is 1.58 bits per heavy atom. The fourth-order valence-electron chi connectivity index (χ4n) is 12.9. The summed E-state index contributed by atoms with van der Waals surface area (Å²) < 4.78 is 2.19. The number of amides is 5. The molecule has 16 heteroatoms. The number of imide groups is 1. The smallest absolute Gasteiger partial charge is 0.258 e. The van der Waals surface area contributed by atoms with Crippen LogP contribution in [0.25, 0.3) is 17.8 Å². The number of fused-ring (bicyclic) bond motifs is 2. The molecule has 3 aromatic rings. The predicted molar refractivity (Wildman–Crippen MR) is 282 cm³/mol. The summed E-state index contributed by atoms with van der Waals surface area (Å²) in [5.74, 6) is 0.498. The molecule has 16 nitrogen and oxygen atoms in total. The van der Waals surface area contributed by atoms with Gasteiger partial charge < -0.3 is 34.4 Å². The van der Waals surface area contributed by atoms with E-state index in [4.69, 9.17) is 9.98 Å². The highest BCUT2D eigenvalue weighted by molar-refractivity contribution is 6.26. The van der Waals surface area contributed by atoms with Crippen molar-refractivity contribution in [1.82, 2.24) is 39.9 Å². The molecule has 386 valence electrons. The van der Waals surface area contributed by atoms with Gasteiger partial charge in [0.25, 0.3) is 5.91 Å². The topological polar surface area (TPSA) is 169 Å². The number of likely N-dealkylation sites (tertiary alicyclic amines) is 3. The number of carbonyl (C=O) groups is 5. The van der Waals surface area contributed by atoms with Gasteiger partial charge in [0.15, 0.2) is 0 Å². The van der Waals surface area contributed by atoms with E-state index in [1.54, 1.807) is 12.3 Å². The first-order valence-corrected chi connectivity index (χ1v) is 27.4. The molecular weight excluding hydrogens is 919 g/mol. The van der Waals surface area contributed by atoms with Crippen LogP contribution >= 0.6 is 0 Å². The number of pyridine rings is 1. The highest BCUT2D eigenvalue weighted by atomic mass is 16.2. The Hall–Kier alpha value is -6.16. The van der Waals surface area contributed by atoms with E-state index in [2.05, 4.69) is 86.1 Å². The molecule has 1 spiro atoms. The van der Waals surface area contributed by atoms with Gasteiger partial charge in [0, 0.05) is 123 Å². The van der Waals surface area contributed by atoms with Crippen LogP contribution in [0.1, 0.15) is 133 Å². The van der Waals surface area contributed by atoms with E-state index in [9.17, 15) is 19.2 Å². The quantitative estimate of drug-likeness (QED) is 0.207. The van der Waals surface area contributed by atoms with Crippen molar-refractivity contribution >= 4 is 64.6 Å². The molecule has 0 bridgehead atoms. The van der Waals surface area contributed by atoms with E-state index in [0.29, 0.717) is 88.2 Å². The van der Waals surface area contributed by atoms with E-state index in [1.807, 2.05) is 35.3 Å². The minimum absolute atomic E-state index is 0.0836. The highest BCUT2D eigenvalue weighted by Crippen LogP contribution is 2.52. The summed E-state index contributed by atoms with van der Waals surface area (Å²) in [6, 6.07) is 11.7. The number of carbonyl (C=O) groups excluding carboxylic acids is 5. The second kappa shape index (κ2) is 19.9. The summed E-state index contributed by atoms with van der Waals surface area (Å²) >= 11 is 0. The van der Waals surface area contributed by atoms with Crippen LogP contribution in [0.4, 0.5) is 11.5 Å². The second-order valence-corrected chi connectivity index (χ2v) is 22.8. The lowest BCUT2D eigenvalue weighted by Gasteiger charge is -2.48. The maximum Gasteiger partial charge on any atom is 0.258 e. The lowest BCUT2D eigenvalue weighted by atomic mass is 9.72. The van der Waals surface area contributed by atoms with E-state index < -0.39 is 16.7 Å². The summed E-state index contributed by atoms with van der Waals surface area (Å²) in [5.41, 5.74) is 3.71. The van der Waals surface area contributed by atoms with Crippen LogP contribution in [-0.4, -0.2) is 142 Å². The van der Waals surface area contributed by atoms with E-state index in [-0.39, 0.29) is 48.1 Å². The van der Waals surface area contributed by atoms with Gasteiger partial charge in [-0.25, -0.2) is 9.97 Å². The summed E-state index contributed by atoms with van der Waals surface area (Å²) in [6.45, 7) is 12.2. The van der Waals surface area contributed by atoms with Crippen LogP contribution in [0.3, 0.4) is 0 Å². The first kappa shape index (κ1) is 49.1. The number of aromatic nitrogens is 3. The van der Waals surface area contributed by atoms with Crippen molar-refractivity contribution in [3.8, 4) is 0 Å². The minimum Gasteiger partial charge on any atom is -0.386 e. The average Bonchev–Trinajstić information content (AvgIpc) is 4.10. The van der Waals surface area contributed by atoms with E-state index >= 15 is 4.79 Å². The van der Waals surface area contributed by atoms with Crippen molar-refractivity contribution in [2.45, 2.75) is 140 Å². The molecule has 73 heavy (non-hydrogen) atoms. The van der Waals surface area contributed by atoms with Gasteiger partial charge in [-0.05, 0) is 134 Å². The van der Waals surface area contributed by atoms with Crippen molar-refractivity contribution in [3.05, 3.63) is 76.3 Å². The molecule has 0 atom stereocenters. The normalized spacial score (nSPS) is 25.3. The number of benzene rings is 1. The largest absolute Gasteiger partial charge is 0.386 e. The zero-order valence-corrected chi connectivity index (χ0v) is 43.3. The number of aliphatic imine (C=N–C) groups is 1. The van der Waals surface area contributed by atoms with Crippen LogP contribution in [0.5, 0.6) is 0 Å². The van der Waals surface area contributed by atoms with Crippen molar-refractivity contribution in [3.63, 3.8) is 0 Å². The zero-order chi connectivity index (χ0) is 50.6. The molecule has 0 unspecified atom stereocenters. The average molecular weight is 992 g/mol. The molecule has 8 heterocycles. The van der Waals surface area contributed by atoms with Crippen LogP contribution in [0.15, 0.2) is 53.9 Å². The zero-order valence-electron chi connectivity index (χ0n) is 43.3. The summed E-state index contributed by atoms with van der Waals surface area (Å²) in [5, 5.41) is 7.83. The number of anilines is 2. The fourth-order valence-corrected chi connectivity index (χ4v) is 12.9. The Bertz CT molecular complexity index is 2830. The molecular formula is C57H73N11O5. The number of imidazole rings is 1. The fraction of sp³-hybridized carbons (Fsp3) is 0.579. The third-order valence-electron chi connectivity index (χ3n) is 17.8. The lowest BCUT2D eigenvalue weighted by Crippen LogP contribution is -2.59. The van der Waals surface area contributed by atoms with Gasteiger partial charge in [-0.3, -0.25) is 34.3 Å². The Morgan fingerprint density at radius 1 is 0.849 bits per heavy atom. The number of nitrogens with one attached hydrogen (secondary N) is 2. The standard InChI is InChI=1S/C57H73N11O5/c1-37(2)67-36-61-47(49(67)35-59-41-10-11-41)33-46(58-4)39-8-13-45-48(30-39)68(43-31-42(32-43)63-22-6-5-7-23-63)55(73)57(45)20-28-66(29-21-57)54(72)56(3)18-26-65(27-19-56)53(71)38-16-24-64(25-17-38)50-14-9-40(34-60-50)44-12-15-51(69)62-52(44)70/h8-9,12-14,30,33-38,41-43,59H,5-7,10-11,15-29,31-32H2,1-4H3,(H,62,69,70)/b47-33+,49-35-,58-46+. The third-order valence-corrected chi connectivity index (χ3v) is 17.8. The van der Waals surface area contributed by atoms with Crippen molar-refractivity contribution < 1.29 is 24.0 Å². The SMILES string of the molecule is C\N=C(/C=c1/ncn(C(C)C)/c1=C\NC1CC1)c1ccc2c(c1)N(C1CC(N3CCCCC3)C1)C(=O)C21CCN(C(=O)C2(C)CCN(C(=O)C3CCN(c4ccc(C5=CCC(=O)NC5=O)cn4)CC3)CC2)CC1. The van der Waals surface area contributed by atoms with Crippen LogP contribution in [0.2, 0.25) is 0 Å². The van der Waals surface area contributed by atoms with Gasteiger partial charge in [-0.15, -0.1) is 0 Å². The first-order valence-electron chi connectivity index (χ1n) is 27.4. The van der Waals surface area contributed by atoms with Crippen molar-refractivity contribution in [1.29, 1.82) is 0 Å². The molecule has 2 aromatic heterocycles. The Labute approximate surface area is 429 Å². The number of hydrogen-bond donors (Lipinski definition) is 2. The van der Waals surface area contributed by atoms with E-state index in [1.165, 1.54) is 32.1 Å². The number of hydrogen-bond acceptors (Lipinski definition) is 11. The number of rotatable bonds is 11. The van der Waals surface area contributed by atoms with Crippen molar-refractivity contribution in [2.75, 3.05) is 69.2 Å². The van der Waals surface area contributed by atoms with Crippen LogP contribution < -0.4 is 31.1 Å². The third kappa shape index (κ3) is 9.41. The van der Waals surface area contributed by atoms with Crippen molar-refractivity contribution in [2.24, 2.45) is 16.3 Å². The molecule has 1 aromatic carbocycles. The maximum absolute atomic E-state index is 15.3.